The predicted octanol–water partition coefficient (Wildman–Crippen LogP) is 1.68. The molecule has 0 saturated carbocycles. The highest BCUT2D eigenvalue weighted by atomic mass is 16.5. The second-order valence-corrected chi connectivity index (χ2v) is 2.02. The molecule has 0 aliphatic carbocycles. The van der Waals surface area contributed by atoms with Gasteiger partial charge in [0.05, 0.1) is 12.8 Å². The van der Waals surface area contributed by atoms with Crippen molar-refractivity contribution in [1.29, 1.82) is 0 Å². The minimum Gasteiger partial charge on any atom is -0.495 e. The van der Waals surface area contributed by atoms with Crippen molar-refractivity contribution in [1.82, 2.24) is 0 Å². The fourth-order valence-corrected chi connectivity index (χ4v) is 0.779. The second kappa shape index (κ2) is 3.01. The molecule has 0 unspecified atom stereocenters. The Morgan fingerprint density at radius 1 is 1.55 bits per heavy atom. The largest absolute Gasteiger partial charge is 0.495 e. The lowest BCUT2D eigenvalue weighted by atomic mass is 10.2. The molecule has 2 N–H and O–H groups in total. The molecule has 0 radical (unpaired) electrons. The third-order valence-electron chi connectivity index (χ3n) is 1.32. The maximum absolute atomic E-state index is 10.0. The van der Waals surface area contributed by atoms with Crippen molar-refractivity contribution in [2.75, 3.05) is 12.8 Å². The number of hydrogen-bond donors (Lipinski definition) is 1. The second-order valence-electron chi connectivity index (χ2n) is 2.02. The number of nitroso groups, excluding NO2 is 1. The summed E-state index contributed by atoms with van der Waals surface area (Å²) >= 11 is 0. The number of nitrogen functional groups attached to an aromatic ring is 1. The van der Waals surface area contributed by atoms with Crippen LogP contribution in [0.15, 0.2) is 23.4 Å². The number of nitrogens with two attached hydrogens (primary N) is 1. The van der Waals surface area contributed by atoms with E-state index in [2.05, 4.69) is 5.18 Å². The molecule has 0 spiro atoms. The summed E-state index contributed by atoms with van der Waals surface area (Å²) in [7, 11) is 1.51. The topological polar surface area (TPSA) is 64.7 Å². The van der Waals surface area contributed by atoms with Gasteiger partial charge < -0.3 is 10.5 Å². The average molecular weight is 152 g/mol. The summed E-state index contributed by atoms with van der Waals surface area (Å²) in [6.45, 7) is 0. The molecule has 0 bridgehead atoms. The van der Waals surface area contributed by atoms with E-state index < -0.39 is 0 Å². The number of hydrogen-bond acceptors (Lipinski definition) is 4. The van der Waals surface area contributed by atoms with Crippen molar-refractivity contribution >= 4 is 11.4 Å². The first-order valence-corrected chi connectivity index (χ1v) is 3.05. The van der Waals surface area contributed by atoms with E-state index in [4.69, 9.17) is 10.5 Å². The Kier molecular flexibility index (Phi) is 2.06. The van der Waals surface area contributed by atoms with E-state index in [1.807, 2.05) is 0 Å². The fraction of sp³-hybridized carbons (Fsp3) is 0.143. The smallest absolute Gasteiger partial charge is 0.141 e. The zero-order chi connectivity index (χ0) is 8.27. The summed E-state index contributed by atoms with van der Waals surface area (Å²) in [6, 6.07) is 4.61. The van der Waals surface area contributed by atoms with Crippen LogP contribution in [0, 0.1) is 4.91 Å². The van der Waals surface area contributed by atoms with E-state index >= 15 is 0 Å². The first-order valence-electron chi connectivity index (χ1n) is 3.05. The maximum atomic E-state index is 10.0. The van der Waals surface area contributed by atoms with Gasteiger partial charge in [-0.2, -0.15) is 0 Å². The Labute approximate surface area is 63.9 Å². The highest BCUT2D eigenvalue weighted by Gasteiger charge is 1.99. The Hall–Kier alpha value is -1.58. The van der Waals surface area contributed by atoms with E-state index in [0.717, 1.165) is 0 Å². The monoisotopic (exact) mass is 152 g/mol. The summed E-state index contributed by atoms with van der Waals surface area (Å²) in [4.78, 5) is 10.0. The molecule has 1 rings (SSSR count). The first kappa shape index (κ1) is 7.53. The number of ether oxygens (including phenoxy) is 1. The van der Waals surface area contributed by atoms with E-state index in [9.17, 15) is 4.91 Å². The fourth-order valence-electron chi connectivity index (χ4n) is 0.779. The van der Waals surface area contributed by atoms with Crippen LogP contribution in [0.3, 0.4) is 0 Å². The third kappa shape index (κ3) is 1.46. The molecule has 0 heterocycles. The lowest BCUT2D eigenvalue weighted by Crippen LogP contribution is -1.90. The van der Waals surface area contributed by atoms with Gasteiger partial charge in [0.25, 0.3) is 0 Å². The molecule has 0 saturated heterocycles. The first-order chi connectivity index (χ1) is 5.27. The summed E-state index contributed by atoms with van der Waals surface area (Å²) < 4.78 is 4.88. The van der Waals surface area contributed by atoms with Gasteiger partial charge in [0.2, 0.25) is 0 Å². The number of benzene rings is 1. The Morgan fingerprint density at radius 2 is 2.27 bits per heavy atom. The predicted molar refractivity (Wildman–Crippen MR) is 42.9 cm³/mol. The maximum Gasteiger partial charge on any atom is 0.141 e. The minimum atomic E-state index is 0.309. The van der Waals surface area contributed by atoms with E-state index in [1.165, 1.54) is 13.2 Å². The van der Waals surface area contributed by atoms with E-state index in [-0.39, 0.29) is 0 Å². The van der Waals surface area contributed by atoms with Gasteiger partial charge in [0, 0.05) is 0 Å². The molecular weight excluding hydrogens is 144 g/mol. The van der Waals surface area contributed by atoms with Gasteiger partial charge in [0.1, 0.15) is 11.4 Å². The number of methoxy groups -OCH3 is 1. The molecule has 1 aromatic carbocycles. The van der Waals surface area contributed by atoms with Gasteiger partial charge in [-0.3, -0.25) is 0 Å². The number of nitrogens with zero attached hydrogens (tertiary/aromatic N) is 1. The quantitative estimate of drug-likeness (QED) is 0.517. The number of anilines is 1. The van der Waals surface area contributed by atoms with Gasteiger partial charge >= 0.3 is 0 Å². The molecule has 0 atom stereocenters. The summed E-state index contributed by atoms with van der Waals surface area (Å²) in [6.07, 6.45) is 0. The van der Waals surface area contributed by atoms with Gasteiger partial charge in [0.15, 0.2) is 0 Å². The van der Waals surface area contributed by atoms with Crippen LogP contribution in [0.2, 0.25) is 0 Å². The van der Waals surface area contributed by atoms with Gasteiger partial charge in [-0.25, -0.2) is 0 Å². The Balaban J connectivity index is 3.09. The molecule has 11 heavy (non-hydrogen) atoms. The molecule has 0 aromatic heterocycles. The third-order valence-corrected chi connectivity index (χ3v) is 1.32. The highest BCUT2D eigenvalue weighted by molar-refractivity contribution is 5.59. The SMILES string of the molecule is COc1ccc(N=O)cc1N. The zero-order valence-corrected chi connectivity index (χ0v) is 6.07. The zero-order valence-electron chi connectivity index (χ0n) is 6.07. The van der Waals surface area contributed by atoms with Crippen molar-refractivity contribution in [3.05, 3.63) is 23.1 Å². The van der Waals surface area contributed by atoms with Crippen molar-refractivity contribution in [3.63, 3.8) is 0 Å². The van der Waals surface area contributed by atoms with Crippen LogP contribution in [0.5, 0.6) is 5.75 Å². The van der Waals surface area contributed by atoms with Gasteiger partial charge in [-0.15, -0.1) is 4.91 Å². The van der Waals surface area contributed by atoms with Crippen LogP contribution >= 0.6 is 0 Å². The molecule has 1 aromatic rings. The van der Waals surface area contributed by atoms with Crippen molar-refractivity contribution < 1.29 is 4.74 Å². The lowest BCUT2D eigenvalue weighted by molar-refractivity contribution is 0.417. The Morgan fingerprint density at radius 3 is 2.73 bits per heavy atom. The van der Waals surface area contributed by atoms with Crippen LogP contribution in [-0.4, -0.2) is 7.11 Å². The standard InChI is InChI=1S/C7H8N2O2/c1-11-7-3-2-5(9-10)4-6(7)8/h2-4H,8H2,1H3. The lowest BCUT2D eigenvalue weighted by Gasteiger charge is -2.02. The molecule has 58 valence electrons. The highest BCUT2D eigenvalue weighted by Crippen LogP contribution is 2.25. The van der Waals surface area contributed by atoms with Crippen LogP contribution in [0.25, 0.3) is 0 Å². The molecule has 0 aliphatic heterocycles. The van der Waals surface area contributed by atoms with Gasteiger partial charge in [-0.05, 0) is 23.4 Å². The minimum absolute atomic E-state index is 0.309. The Bertz CT molecular complexity index is 273. The number of rotatable bonds is 2. The molecule has 0 aliphatic rings. The van der Waals surface area contributed by atoms with Crippen LogP contribution in [0.1, 0.15) is 0 Å². The van der Waals surface area contributed by atoms with Crippen molar-refractivity contribution in [2.24, 2.45) is 5.18 Å². The molecule has 0 fully saturated rings. The van der Waals surface area contributed by atoms with Crippen LogP contribution in [0.4, 0.5) is 11.4 Å². The average Bonchev–Trinajstić information content (AvgIpc) is 2.04. The van der Waals surface area contributed by atoms with Crippen LogP contribution < -0.4 is 10.5 Å². The summed E-state index contributed by atoms with van der Waals surface area (Å²) in [5.41, 5.74) is 6.21. The normalized spacial score (nSPS) is 9.18. The molecule has 0 amide bonds. The summed E-state index contributed by atoms with van der Waals surface area (Å²) in [5, 5.41) is 2.72. The van der Waals surface area contributed by atoms with E-state index in [1.54, 1.807) is 12.1 Å². The summed E-state index contributed by atoms with van der Waals surface area (Å²) in [5.74, 6) is 0.553. The van der Waals surface area contributed by atoms with Crippen molar-refractivity contribution in [2.45, 2.75) is 0 Å². The molecule has 4 heteroatoms. The van der Waals surface area contributed by atoms with Gasteiger partial charge in [-0.1, -0.05) is 0 Å². The van der Waals surface area contributed by atoms with E-state index in [0.29, 0.717) is 17.1 Å². The van der Waals surface area contributed by atoms with Crippen molar-refractivity contribution in [3.8, 4) is 5.75 Å². The molecule has 4 nitrogen and oxygen atoms in total. The molecular formula is C7H8N2O2. The van der Waals surface area contributed by atoms with Crippen LogP contribution in [-0.2, 0) is 0 Å².